The van der Waals surface area contributed by atoms with E-state index in [1.165, 1.54) is 11.2 Å². The van der Waals surface area contributed by atoms with E-state index in [0.29, 0.717) is 18.7 Å². The van der Waals surface area contributed by atoms with Crippen LogP contribution in [0.1, 0.15) is 41.8 Å². The lowest BCUT2D eigenvalue weighted by Crippen LogP contribution is -2.56. The molecule has 0 fully saturated rings. The molecule has 1 aromatic heterocycles. The van der Waals surface area contributed by atoms with E-state index in [0.717, 1.165) is 22.3 Å². The van der Waals surface area contributed by atoms with Gasteiger partial charge in [0, 0.05) is 43.7 Å². The van der Waals surface area contributed by atoms with Crippen LogP contribution < -0.4 is 10.6 Å². The largest absolute Gasteiger partial charge is 0.445 e. The number of benzene rings is 3. The van der Waals surface area contributed by atoms with Crippen LogP contribution in [0.5, 0.6) is 0 Å². The molecule has 0 bridgehead atoms. The van der Waals surface area contributed by atoms with Gasteiger partial charge in [0.1, 0.15) is 18.7 Å². The summed E-state index contributed by atoms with van der Waals surface area (Å²) >= 11 is 0. The summed E-state index contributed by atoms with van der Waals surface area (Å²) in [7, 11) is 1.60. The molecule has 1 heterocycles. The second-order valence-electron chi connectivity index (χ2n) is 11.7. The minimum absolute atomic E-state index is 0.0587. The molecule has 9 nitrogen and oxygen atoms in total. The number of imidazole rings is 1. The summed E-state index contributed by atoms with van der Waals surface area (Å²) in [5, 5.41) is 5.81. The number of carbonyl (C=O) groups is 3. The van der Waals surface area contributed by atoms with Gasteiger partial charge in [-0.3, -0.25) is 9.59 Å². The van der Waals surface area contributed by atoms with Crippen LogP contribution in [0.2, 0.25) is 0 Å². The Kier molecular flexibility index (Phi) is 10.9. The summed E-state index contributed by atoms with van der Waals surface area (Å²) in [6, 6.07) is 25.3. The summed E-state index contributed by atoms with van der Waals surface area (Å²) in [6.45, 7) is 6.57. The number of carbonyl (C=O) groups excluding carboxylic acids is 3. The quantitative estimate of drug-likeness (QED) is 0.207. The lowest BCUT2D eigenvalue weighted by atomic mass is 9.84. The first-order chi connectivity index (χ1) is 21.1. The van der Waals surface area contributed by atoms with Gasteiger partial charge in [-0.2, -0.15) is 0 Å². The Morgan fingerprint density at radius 3 is 2.20 bits per heavy atom. The average molecular weight is 596 g/mol. The minimum atomic E-state index is -1.00. The highest BCUT2D eigenvalue weighted by atomic mass is 16.5. The number of nitrogens with one attached hydrogen (secondary N) is 3. The van der Waals surface area contributed by atoms with E-state index in [4.69, 9.17) is 4.74 Å². The first kappa shape index (κ1) is 32.0. The number of hydrogen-bond donors (Lipinski definition) is 3. The van der Waals surface area contributed by atoms with Crippen molar-refractivity contribution in [3.05, 3.63) is 125 Å². The number of aromatic nitrogens is 2. The fourth-order valence-electron chi connectivity index (χ4n) is 4.89. The second kappa shape index (κ2) is 15.0. The second-order valence-corrected chi connectivity index (χ2v) is 11.7. The molecule has 3 amide bonds. The fourth-order valence-corrected chi connectivity index (χ4v) is 4.89. The number of H-pyrrole nitrogens is 1. The molecular weight excluding hydrogens is 554 g/mol. The van der Waals surface area contributed by atoms with Crippen LogP contribution in [0.4, 0.5) is 4.79 Å². The van der Waals surface area contributed by atoms with Crippen molar-refractivity contribution in [3.8, 4) is 0 Å². The van der Waals surface area contributed by atoms with Crippen molar-refractivity contribution in [3.63, 3.8) is 0 Å². The highest BCUT2D eigenvalue weighted by Crippen LogP contribution is 2.22. The van der Waals surface area contributed by atoms with Crippen LogP contribution in [0.15, 0.2) is 97.5 Å². The molecule has 0 saturated heterocycles. The number of hydrogen-bond acceptors (Lipinski definition) is 5. The van der Waals surface area contributed by atoms with Crippen molar-refractivity contribution in [2.75, 3.05) is 13.6 Å². The van der Waals surface area contributed by atoms with Crippen molar-refractivity contribution >= 4 is 17.9 Å². The van der Waals surface area contributed by atoms with Crippen LogP contribution in [0.25, 0.3) is 0 Å². The zero-order chi connectivity index (χ0) is 31.5. The highest BCUT2D eigenvalue weighted by Gasteiger charge is 2.34. The predicted molar refractivity (Wildman–Crippen MR) is 170 cm³/mol. The van der Waals surface area contributed by atoms with Gasteiger partial charge in [0.25, 0.3) is 0 Å². The summed E-state index contributed by atoms with van der Waals surface area (Å²) < 4.78 is 5.41. The van der Waals surface area contributed by atoms with Gasteiger partial charge in [-0.05, 0) is 23.6 Å². The molecule has 44 heavy (non-hydrogen) atoms. The first-order valence-corrected chi connectivity index (χ1v) is 14.7. The Hall–Kier alpha value is -4.92. The predicted octanol–water partition coefficient (Wildman–Crippen LogP) is 4.72. The summed E-state index contributed by atoms with van der Waals surface area (Å²) in [5.41, 5.74) is 4.26. The molecule has 4 aromatic rings. The number of likely N-dealkylation sites (N-methyl/N-ethyl adjacent to an activating group) is 1. The van der Waals surface area contributed by atoms with E-state index in [1.54, 1.807) is 13.2 Å². The number of alkyl carbamates (subject to hydrolysis) is 1. The maximum absolute atomic E-state index is 14.0. The van der Waals surface area contributed by atoms with Crippen molar-refractivity contribution < 1.29 is 19.1 Å². The molecule has 0 aliphatic rings. The molecule has 0 aliphatic heterocycles. The normalized spacial score (nSPS) is 12.5. The van der Waals surface area contributed by atoms with Crippen molar-refractivity contribution in [1.82, 2.24) is 25.5 Å². The Balaban J connectivity index is 1.52. The van der Waals surface area contributed by atoms with E-state index in [1.807, 2.05) is 91.9 Å². The molecule has 0 unspecified atom stereocenters. The van der Waals surface area contributed by atoms with Crippen LogP contribution in [-0.2, 0) is 39.2 Å². The number of aromatic amines is 1. The molecule has 9 heteroatoms. The molecule has 230 valence electrons. The Morgan fingerprint density at radius 1 is 0.909 bits per heavy atom. The number of nitrogens with zero attached hydrogens (tertiary/aromatic N) is 2. The zero-order valence-electron chi connectivity index (χ0n) is 25.7. The zero-order valence-corrected chi connectivity index (χ0v) is 25.7. The summed E-state index contributed by atoms with van der Waals surface area (Å²) in [6.07, 6.45) is 2.82. The first-order valence-electron chi connectivity index (χ1n) is 14.7. The van der Waals surface area contributed by atoms with Crippen molar-refractivity contribution in [2.45, 2.75) is 57.7 Å². The number of ether oxygens (including phenoxy) is 1. The van der Waals surface area contributed by atoms with E-state index < -0.39 is 24.1 Å². The molecule has 0 radical (unpaired) electrons. The molecular formula is C35H41N5O4. The van der Waals surface area contributed by atoms with E-state index >= 15 is 0 Å². The SMILES string of the molecule is Cc1ccc(C[C@@H](C(=O)NCC(C)(C)c2ccccc2)N(C)C(=O)[C@H](Cc2cnc[nH]2)NC(=O)OCc2ccccc2)cc1. The van der Waals surface area contributed by atoms with Crippen molar-refractivity contribution in [2.24, 2.45) is 0 Å². The molecule has 4 rings (SSSR count). The van der Waals surface area contributed by atoms with Crippen LogP contribution in [0, 0.1) is 6.92 Å². The number of amides is 3. The molecule has 0 aliphatic carbocycles. The van der Waals surface area contributed by atoms with Crippen LogP contribution in [-0.4, -0.2) is 58.5 Å². The Bertz CT molecular complexity index is 1490. The van der Waals surface area contributed by atoms with Gasteiger partial charge >= 0.3 is 6.09 Å². The lowest BCUT2D eigenvalue weighted by molar-refractivity contribution is -0.140. The molecule has 0 spiro atoms. The van der Waals surface area contributed by atoms with Crippen LogP contribution >= 0.6 is 0 Å². The molecule has 2 atom stereocenters. The summed E-state index contributed by atoms with van der Waals surface area (Å²) in [4.78, 5) is 49.2. The minimum Gasteiger partial charge on any atom is -0.445 e. The maximum Gasteiger partial charge on any atom is 0.408 e. The van der Waals surface area contributed by atoms with Gasteiger partial charge in [-0.15, -0.1) is 0 Å². The van der Waals surface area contributed by atoms with E-state index in [9.17, 15) is 14.4 Å². The Labute approximate surface area is 259 Å². The molecule has 3 aromatic carbocycles. The van der Waals surface area contributed by atoms with E-state index in [-0.39, 0.29) is 24.3 Å². The monoisotopic (exact) mass is 595 g/mol. The maximum atomic E-state index is 14.0. The number of aryl methyl sites for hydroxylation is 1. The fraction of sp³-hybridized carbons (Fsp3) is 0.314. The van der Waals surface area contributed by atoms with E-state index in [2.05, 4.69) is 34.4 Å². The lowest BCUT2D eigenvalue weighted by Gasteiger charge is -2.32. The standard InChI is InChI=1S/C35H41N5O4/c1-25-15-17-26(18-16-25)19-31(32(41)37-23-35(2,3)28-13-9-6-10-14-28)40(4)33(42)30(20-29-21-36-24-38-29)39-34(43)44-22-27-11-7-5-8-12-27/h5-18,21,24,30-31H,19-20,22-23H2,1-4H3,(H,36,38)(H,37,41)(H,39,43)/t30-,31-/m0/s1. The van der Waals surface area contributed by atoms with Gasteiger partial charge in [0.2, 0.25) is 11.8 Å². The van der Waals surface area contributed by atoms with Crippen LogP contribution in [0.3, 0.4) is 0 Å². The highest BCUT2D eigenvalue weighted by molar-refractivity contribution is 5.91. The molecule has 0 saturated carbocycles. The Morgan fingerprint density at radius 2 is 1.57 bits per heavy atom. The van der Waals surface area contributed by atoms with Gasteiger partial charge < -0.3 is 25.3 Å². The van der Waals surface area contributed by atoms with Gasteiger partial charge in [-0.25, -0.2) is 9.78 Å². The van der Waals surface area contributed by atoms with Gasteiger partial charge in [0.15, 0.2) is 0 Å². The topological polar surface area (TPSA) is 116 Å². The number of rotatable bonds is 13. The third kappa shape index (κ3) is 9.04. The third-order valence-electron chi connectivity index (χ3n) is 7.71. The average Bonchev–Trinajstić information content (AvgIpc) is 3.55. The third-order valence-corrected chi connectivity index (χ3v) is 7.71. The van der Waals surface area contributed by atoms with Gasteiger partial charge in [-0.1, -0.05) is 104 Å². The molecule has 3 N–H and O–H groups in total. The summed E-state index contributed by atoms with van der Waals surface area (Å²) in [5.74, 6) is -0.705. The van der Waals surface area contributed by atoms with Gasteiger partial charge in [0.05, 0.1) is 6.33 Å². The van der Waals surface area contributed by atoms with Crippen molar-refractivity contribution in [1.29, 1.82) is 0 Å². The smallest absolute Gasteiger partial charge is 0.408 e.